The molecular formula is C33H35F6N7O4. The quantitative estimate of drug-likeness (QED) is 0.204. The number of rotatable bonds is 7. The number of alkyl halides is 4. The SMILES string of the molecule is CNC(C)(C)c1nnc(-c2cc3c(cc2F)C(C)(F)C[C@H](NC(=O)OC(C)(C)C)C(=O)N3Cc2ccc(-n3cc(C(F)(F)F)cn3)cc2F)o1. The van der Waals surface area contributed by atoms with Gasteiger partial charge >= 0.3 is 12.3 Å². The van der Waals surface area contributed by atoms with E-state index >= 15 is 13.2 Å². The molecule has 2 aromatic carbocycles. The first-order valence-corrected chi connectivity index (χ1v) is 15.4. The van der Waals surface area contributed by atoms with Crippen LogP contribution >= 0.6 is 0 Å². The van der Waals surface area contributed by atoms with Gasteiger partial charge in [0.05, 0.1) is 40.8 Å². The molecule has 1 aliphatic heterocycles. The van der Waals surface area contributed by atoms with E-state index in [9.17, 15) is 22.8 Å². The van der Waals surface area contributed by atoms with Gasteiger partial charge in [0, 0.05) is 23.7 Å². The van der Waals surface area contributed by atoms with Gasteiger partial charge in [0.1, 0.15) is 28.9 Å². The Balaban J connectivity index is 1.60. The Kier molecular flexibility index (Phi) is 9.27. The number of hydrogen-bond acceptors (Lipinski definition) is 8. The fourth-order valence-corrected chi connectivity index (χ4v) is 5.26. The number of alkyl carbamates (subject to hydrolysis) is 1. The van der Waals surface area contributed by atoms with Gasteiger partial charge < -0.3 is 24.7 Å². The van der Waals surface area contributed by atoms with Crippen molar-refractivity contribution in [2.24, 2.45) is 0 Å². The number of hydrogen-bond donors (Lipinski definition) is 2. The van der Waals surface area contributed by atoms with E-state index in [0.29, 0.717) is 12.4 Å². The van der Waals surface area contributed by atoms with Crippen molar-refractivity contribution in [3.8, 4) is 17.1 Å². The lowest BCUT2D eigenvalue weighted by molar-refractivity contribution is -0.137. The fourth-order valence-electron chi connectivity index (χ4n) is 5.26. The van der Waals surface area contributed by atoms with Crippen LogP contribution in [-0.4, -0.2) is 50.7 Å². The molecule has 5 rings (SSSR count). The minimum Gasteiger partial charge on any atom is -0.444 e. The van der Waals surface area contributed by atoms with Crippen LogP contribution in [-0.2, 0) is 33.5 Å². The number of benzene rings is 2. The number of carbonyl (C=O) groups is 2. The molecule has 4 aromatic rings. The Morgan fingerprint density at radius 2 is 1.78 bits per heavy atom. The van der Waals surface area contributed by atoms with E-state index < -0.39 is 71.2 Å². The van der Waals surface area contributed by atoms with Gasteiger partial charge in [-0.1, -0.05) is 6.07 Å². The molecule has 0 fully saturated rings. The molecule has 1 aliphatic rings. The summed E-state index contributed by atoms with van der Waals surface area (Å²) in [6.45, 7) is 8.80. The molecule has 0 radical (unpaired) electrons. The number of anilines is 1. The smallest absolute Gasteiger partial charge is 0.419 e. The van der Waals surface area contributed by atoms with Crippen molar-refractivity contribution in [1.29, 1.82) is 0 Å². The van der Waals surface area contributed by atoms with Gasteiger partial charge in [-0.25, -0.2) is 22.6 Å². The first kappa shape index (κ1) is 36.4. The Hall–Kier alpha value is -4.93. The zero-order chi connectivity index (χ0) is 37.0. The number of amides is 2. The molecule has 0 saturated heterocycles. The number of aromatic nitrogens is 4. The second-order valence-electron chi connectivity index (χ2n) is 13.6. The van der Waals surface area contributed by atoms with Gasteiger partial charge in [-0.2, -0.15) is 18.3 Å². The Labute approximate surface area is 283 Å². The van der Waals surface area contributed by atoms with Crippen LogP contribution in [0.2, 0.25) is 0 Å². The van der Waals surface area contributed by atoms with Crippen LogP contribution in [0.5, 0.6) is 0 Å². The van der Waals surface area contributed by atoms with Crippen molar-refractivity contribution in [3.63, 3.8) is 0 Å². The summed E-state index contributed by atoms with van der Waals surface area (Å²) in [5.74, 6) is -2.95. The molecule has 11 nitrogen and oxygen atoms in total. The summed E-state index contributed by atoms with van der Waals surface area (Å²) in [5, 5.41) is 17.0. The molecule has 2 amide bonds. The zero-order valence-corrected chi connectivity index (χ0v) is 28.2. The third kappa shape index (κ3) is 7.46. The van der Waals surface area contributed by atoms with Crippen LogP contribution in [0.3, 0.4) is 0 Å². The van der Waals surface area contributed by atoms with Gasteiger partial charge in [-0.3, -0.25) is 4.79 Å². The predicted octanol–water partition coefficient (Wildman–Crippen LogP) is 6.69. The molecule has 0 saturated carbocycles. The van der Waals surface area contributed by atoms with Crippen molar-refractivity contribution in [2.45, 2.75) is 83.5 Å². The number of halogens is 6. The van der Waals surface area contributed by atoms with Gasteiger partial charge in [0.15, 0.2) is 0 Å². The monoisotopic (exact) mass is 707 g/mol. The topological polar surface area (TPSA) is 127 Å². The van der Waals surface area contributed by atoms with Crippen molar-refractivity contribution in [3.05, 3.63) is 76.9 Å². The Morgan fingerprint density at radius 1 is 1.08 bits per heavy atom. The fraction of sp³-hybridized carbons (Fsp3) is 0.424. The molecule has 3 heterocycles. The van der Waals surface area contributed by atoms with Crippen molar-refractivity contribution < 1.29 is 45.1 Å². The van der Waals surface area contributed by atoms with Crippen molar-refractivity contribution in [1.82, 2.24) is 30.6 Å². The maximum atomic E-state index is 16.6. The minimum atomic E-state index is -4.67. The first-order chi connectivity index (χ1) is 23.1. The largest absolute Gasteiger partial charge is 0.444 e. The molecule has 50 heavy (non-hydrogen) atoms. The van der Waals surface area contributed by atoms with Crippen LogP contribution in [0.25, 0.3) is 17.1 Å². The number of nitrogens with zero attached hydrogens (tertiary/aromatic N) is 5. The van der Waals surface area contributed by atoms with Crippen LogP contribution < -0.4 is 15.5 Å². The third-order valence-corrected chi connectivity index (χ3v) is 8.13. The van der Waals surface area contributed by atoms with E-state index in [1.165, 1.54) is 12.1 Å². The number of fused-ring (bicyclic) bond motifs is 1. The highest BCUT2D eigenvalue weighted by Gasteiger charge is 2.44. The maximum absolute atomic E-state index is 16.6. The molecule has 17 heteroatoms. The van der Waals surface area contributed by atoms with Crippen LogP contribution in [0.1, 0.15) is 70.5 Å². The Morgan fingerprint density at radius 3 is 2.38 bits per heavy atom. The van der Waals surface area contributed by atoms with Crippen LogP contribution in [0.15, 0.2) is 47.1 Å². The number of carbonyl (C=O) groups excluding carboxylic acids is 2. The van der Waals surface area contributed by atoms with Gasteiger partial charge in [0.25, 0.3) is 5.89 Å². The van der Waals surface area contributed by atoms with E-state index in [4.69, 9.17) is 9.15 Å². The van der Waals surface area contributed by atoms with Crippen molar-refractivity contribution >= 4 is 17.7 Å². The third-order valence-electron chi connectivity index (χ3n) is 8.13. The molecule has 2 aromatic heterocycles. The normalized spacial score (nSPS) is 18.5. The van der Waals surface area contributed by atoms with Gasteiger partial charge in [0.2, 0.25) is 11.8 Å². The van der Waals surface area contributed by atoms with Crippen LogP contribution in [0.4, 0.5) is 36.8 Å². The summed E-state index contributed by atoms with van der Waals surface area (Å²) < 4.78 is 99.3. The van der Waals surface area contributed by atoms with E-state index in [2.05, 4.69) is 25.9 Å². The predicted molar refractivity (Wildman–Crippen MR) is 168 cm³/mol. The maximum Gasteiger partial charge on any atom is 0.419 e. The summed E-state index contributed by atoms with van der Waals surface area (Å²) in [6, 6.07) is 3.87. The summed E-state index contributed by atoms with van der Waals surface area (Å²) in [5.41, 5.74) is -6.18. The van der Waals surface area contributed by atoms with E-state index in [1.54, 1.807) is 41.7 Å². The molecule has 0 aliphatic carbocycles. The standard InChI is InChI=1S/C33H35F6N7O4/c1-30(2,3)50-29(48)42-24-13-32(6,36)21-12-23(35)20(26-43-44-28(49-26)31(4,5)40-7)11-25(21)45(27(24)47)15-17-8-9-19(10-22(17)34)46-16-18(14-41-46)33(37,38)39/h8-12,14,16,24,40H,13,15H2,1-7H3,(H,42,48)/t24-,32?/m0/s1. The first-order valence-electron chi connectivity index (χ1n) is 15.4. The Bertz CT molecular complexity index is 1930. The average Bonchev–Trinajstić information content (AvgIpc) is 3.69. The zero-order valence-electron chi connectivity index (χ0n) is 28.2. The lowest BCUT2D eigenvalue weighted by Gasteiger charge is -2.27. The highest BCUT2D eigenvalue weighted by molar-refractivity contribution is 6.01. The lowest BCUT2D eigenvalue weighted by Crippen LogP contribution is -2.50. The molecule has 0 spiro atoms. The summed E-state index contributed by atoms with van der Waals surface area (Å²) in [7, 11) is 1.65. The van der Waals surface area contributed by atoms with Crippen LogP contribution in [0, 0.1) is 11.6 Å². The molecule has 2 atom stereocenters. The number of ether oxygens (including phenoxy) is 1. The second kappa shape index (κ2) is 12.8. The molecule has 1 unspecified atom stereocenters. The highest BCUT2D eigenvalue weighted by Crippen LogP contribution is 2.44. The molecular weight excluding hydrogens is 672 g/mol. The molecule has 0 bridgehead atoms. The van der Waals surface area contributed by atoms with Gasteiger partial charge in [-0.05, 0) is 72.9 Å². The van der Waals surface area contributed by atoms with Gasteiger partial charge in [-0.15, -0.1) is 10.2 Å². The summed E-state index contributed by atoms with van der Waals surface area (Å²) in [6.07, 6.45) is -5.06. The van der Waals surface area contributed by atoms with E-state index in [-0.39, 0.29) is 39.8 Å². The number of nitrogens with one attached hydrogen (secondary N) is 2. The average molecular weight is 708 g/mol. The summed E-state index contributed by atoms with van der Waals surface area (Å²) in [4.78, 5) is 27.9. The second-order valence-corrected chi connectivity index (χ2v) is 13.6. The summed E-state index contributed by atoms with van der Waals surface area (Å²) >= 11 is 0. The molecule has 2 N–H and O–H groups in total. The van der Waals surface area contributed by atoms with Crippen molar-refractivity contribution in [2.75, 3.05) is 11.9 Å². The lowest BCUT2D eigenvalue weighted by atomic mass is 9.90. The molecule has 268 valence electrons. The minimum absolute atomic E-state index is 0.0498. The van der Waals surface area contributed by atoms with E-state index in [1.807, 2.05) is 0 Å². The van der Waals surface area contributed by atoms with E-state index in [0.717, 1.165) is 34.7 Å². The highest BCUT2D eigenvalue weighted by atomic mass is 19.4.